The van der Waals surface area contributed by atoms with Crippen LogP contribution in [0, 0.1) is 5.82 Å². The standard InChI is InChI=1S/C15H21ClFN/c1-4-12(18)7-5-6-11-8-13(10(2)3)15(17)14(16)9-11/h4,8-10,12H,1,5-7,18H2,2-3H3/t12-/m0/s1. The molecule has 0 bridgehead atoms. The molecule has 0 amide bonds. The van der Waals surface area contributed by atoms with Crippen molar-refractivity contribution in [1.82, 2.24) is 0 Å². The lowest BCUT2D eigenvalue weighted by molar-refractivity contribution is 0.596. The van der Waals surface area contributed by atoms with Gasteiger partial charge in [0.1, 0.15) is 5.82 Å². The van der Waals surface area contributed by atoms with Crippen LogP contribution in [0.25, 0.3) is 0 Å². The van der Waals surface area contributed by atoms with Crippen molar-refractivity contribution in [3.05, 3.63) is 46.8 Å². The van der Waals surface area contributed by atoms with Gasteiger partial charge >= 0.3 is 0 Å². The zero-order valence-electron chi connectivity index (χ0n) is 11.0. The van der Waals surface area contributed by atoms with Gasteiger partial charge in [-0.2, -0.15) is 0 Å². The summed E-state index contributed by atoms with van der Waals surface area (Å²) in [7, 11) is 0. The first-order valence-corrected chi connectivity index (χ1v) is 6.69. The first-order valence-electron chi connectivity index (χ1n) is 6.31. The smallest absolute Gasteiger partial charge is 0.145 e. The molecule has 3 heteroatoms. The molecule has 1 atom stereocenters. The van der Waals surface area contributed by atoms with Gasteiger partial charge in [-0.05, 0) is 42.4 Å². The first-order chi connectivity index (χ1) is 8.45. The Morgan fingerprint density at radius 1 is 1.44 bits per heavy atom. The van der Waals surface area contributed by atoms with Gasteiger partial charge in [0.25, 0.3) is 0 Å². The van der Waals surface area contributed by atoms with Gasteiger partial charge in [-0.1, -0.05) is 37.6 Å². The monoisotopic (exact) mass is 269 g/mol. The first kappa shape index (κ1) is 15.2. The molecule has 2 N–H and O–H groups in total. The Labute approximate surface area is 114 Å². The van der Waals surface area contributed by atoms with E-state index >= 15 is 0 Å². The van der Waals surface area contributed by atoms with Gasteiger partial charge in [0.15, 0.2) is 0 Å². The number of benzene rings is 1. The van der Waals surface area contributed by atoms with Crippen LogP contribution in [0.1, 0.15) is 43.7 Å². The van der Waals surface area contributed by atoms with Crippen molar-refractivity contribution in [2.24, 2.45) is 5.73 Å². The van der Waals surface area contributed by atoms with Crippen LogP contribution in [0.3, 0.4) is 0 Å². The molecule has 0 radical (unpaired) electrons. The fourth-order valence-corrected chi connectivity index (χ4v) is 2.14. The lowest BCUT2D eigenvalue weighted by Crippen LogP contribution is -2.16. The van der Waals surface area contributed by atoms with E-state index < -0.39 is 0 Å². The molecule has 0 unspecified atom stereocenters. The van der Waals surface area contributed by atoms with Gasteiger partial charge < -0.3 is 5.73 Å². The van der Waals surface area contributed by atoms with E-state index in [9.17, 15) is 4.39 Å². The van der Waals surface area contributed by atoms with Gasteiger partial charge in [-0.25, -0.2) is 4.39 Å². The fourth-order valence-electron chi connectivity index (χ4n) is 1.89. The lowest BCUT2D eigenvalue weighted by atomic mass is 9.97. The van der Waals surface area contributed by atoms with Crippen molar-refractivity contribution < 1.29 is 4.39 Å². The highest BCUT2D eigenvalue weighted by Crippen LogP contribution is 2.27. The van der Waals surface area contributed by atoms with Crippen LogP contribution in [-0.4, -0.2) is 6.04 Å². The highest BCUT2D eigenvalue weighted by molar-refractivity contribution is 6.30. The molecular formula is C15H21ClFN. The van der Waals surface area contributed by atoms with Crippen LogP contribution in [0.2, 0.25) is 5.02 Å². The molecule has 0 fully saturated rings. The Hall–Kier alpha value is -0.860. The topological polar surface area (TPSA) is 26.0 Å². The zero-order chi connectivity index (χ0) is 13.7. The van der Waals surface area contributed by atoms with Crippen molar-refractivity contribution in [2.75, 3.05) is 0 Å². The summed E-state index contributed by atoms with van der Waals surface area (Å²) in [5, 5.41) is 0.212. The number of rotatable bonds is 6. The van der Waals surface area contributed by atoms with Crippen molar-refractivity contribution in [1.29, 1.82) is 0 Å². The molecule has 100 valence electrons. The fraction of sp³-hybridized carbons (Fsp3) is 0.467. The second kappa shape index (κ2) is 6.91. The van der Waals surface area contributed by atoms with Gasteiger partial charge in [-0.3, -0.25) is 0 Å². The molecule has 1 rings (SSSR count). The van der Waals surface area contributed by atoms with Crippen LogP contribution in [0.4, 0.5) is 4.39 Å². The van der Waals surface area contributed by atoms with E-state index in [1.165, 1.54) is 0 Å². The summed E-state index contributed by atoms with van der Waals surface area (Å²) in [5.41, 5.74) is 7.52. The average molecular weight is 270 g/mol. The molecular weight excluding hydrogens is 249 g/mol. The Morgan fingerprint density at radius 2 is 2.11 bits per heavy atom. The third kappa shape index (κ3) is 4.11. The predicted molar refractivity (Wildman–Crippen MR) is 76.6 cm³/mol. The summed E-state index contributed by atoms with van der Waals surface area (Å²) < 4.78 is 13.8. The molecule has 1 aromatic rings. The van der Waals surface area contributed by atoms with Gasteiger partial charge in [-0.15, -0.1) is 6.58 Å². The van der Waals surface area contributed by atoms with Crippen LogP contribution in [0.15, 0.2) is 24.8 Å². The summed E-state index contributed by atoms with van der Waals surface area (Å²) in [6.45, 7) is 7.58. The SMILES string of the molecule is C=C[C@H](N)CCCc1cc(Cl)c(F)c(C(C)C)c1. The third-order valence-corrected chi connectivity index (χ3v) is 3.32. The third-order valence-electron chi connectivity index (χ3n) is 3.04. The highest BCUT2D eigenvalue weighted by atomic mass is 35.5. The van der Waals surface area contributed by atoms with Crippen LogP contribution < -0.4 is 5.73 Å². The maximum Gasteiger partial charge on any atom is 0.145 e. The van der Waals surface area contributed by atoms with Crippen molar-refractivity contribution in [3.63, 3.8) is 0 Å². The molecule has 0 aliphatic rings. The number of halogens is 2. The second-order valence-corrected chi connectivity index (χ2v) is 5.33. The van der Waals surface area contributed by atoms with E-state index in [1.54, 1.807) is 12.1 Å². The highest BCUT2D eigenvalue weighted by Gasteiger charge is 2.12. The molecule has 0 saturated carbocycles. The normalized spacial score (nSPS) is 12.8. The van der Waals surface area contributed by atoms with E-state index in [-0.39, 0.29) is 22.8 Å². The van der Waals surface area contributed by atoms with Gasteiger partial charge in [0.2, 0.25) is 0 Å². The van der Waals surface area contributed by atoms with Crippen molar-refractivity contribution in [3.8, 4) is 0 Å². The number of hydrogen-bond acceptors (Lipinski definition) is 1. The molecule has 1 nitrogen and oxygen atoms in total. The number of hydrogen-bond donors (Lipinski definition) is 1. The van der Waals surface area contributed by atoms with Gasteiger partial charge in [0, 0.05) is 6.04 Å². The maximum atomic E-state index is 13.8. The van der Waals surface area contributed by atoms with Crippen LogP contribution in [0.5, 0.6) is 0 Å². The molecule has 1 aromatic carbocycles. The predicted octanol–water partition coefficient (Wildman–Crippen LogP) is 4.44. The minimum atomic E-state index is -0.293. The Morgan fingerprint density at radius 3 is 2.67 bits per heavy atom. The van der Waals surface area contributed by atoms with Gasteiger partial charge in [0.05, 0.1) is 5.02 Å². The Kier molecular flexibility index (Phi) is 5.83. The van der Waals surface area contributed by atoms with E-state index in [1.807, 2.05) is 19.9 Å². The van der Waals surface area contributed by atoms with Crippen molar-refractivity contribution >= 4 is 11.6 Å². The Balaban J connectivity index is 2.75. The molecule has 0 saturated heterocycles. The van der Waals surface area contributed by atoms with E-state index in [0.29, 0.717) is 5.56 Å². The van der Waals surface area contributed by atoms with E-state index in [2.05, 4.69) is 6.58 Å². The summed E-state index contributed by atoms with van der Waals surface area (Å²) in [5.74, 6) is -0.156. The largest absolute Gasteiger partial charge is 0.324 e. The summed E-state index contributed by atoms with van der Waals surface area (Å²) in [6.07, 6.45) is 4.45. The van der Waals surface area contributed by atoms with Crippen LogP contribution >= 0.6 is 11.6 Å². The molecule has 0 aliphatic carbocycles. The van der Waals surface area contributed by atoms with Crippen LogP contribution in [-0.2, 0) is 6.42 Å². The molecule has 0 aliphatic heterocycles. The summed E-state index contributed by atoms with van der Waals surface area (Å²) >= 11 is 5.92. The molecule has 18 heavy (non-hydrogen) atoms. The maximum absolute atomic E-state index is 13.8. The second-order valence-electron chi connectivity index (χ2n) is 4.93. The van der Waals surface area contributed by atoms with Crippen molar-refractivity contribution in [2.45, 2.75) is 45.1 Å². The van der Waals surface area contributed by atoms with E-state index in [0.717, 1.165) is 24.8 Å². The summed E-state index contributed by atoms with van der Waals surface area (Å²) in [6, 6.07) is 3.65. The Bertz CT molecular complexity index is 415. The minimum Gasteiger partial charge on any atom is -0.324 e. The minimum absolute atomic E-state index is 0.0329. The molecule has 0 aromatic heterocycles. The zero-order valence-corrected chi connectivity index (χ0v) is 11.8. The quantitative estimate of drug-likeness (QED) is 0.759. The molecule has 0 heterocycles. The number of nitrogens with two attached hydrogens (primary N) is 1. The molecule has 0 spiro atoms. The lowest BCUT2D eigenvalue weighted by Gasteiger charge is -2.12. The average Bonchev–Trinajstić information content (AvgIpc) is 2.32. The summed E-state index contributed by atoms with van der Waals surface area (Å²) in [4.78, 5) is 0. The van der Waals surface area contributed by atoms with E-state index in [4.69, 9.17) is 17.3 Å². The number of aryl methyl sites for hydroxylation is 1.